The lowest BCUT2D eigenvalue weighted by molar-refractivity contribution is 0.0862. The molecule has 0 aromatic rings. The van der Waals surface area contributed by atoms with E-state index in [9.17, 15) is 5.11 Å². The second-order valence-electron chi connectivity index (χ2n) is 5.09. The lowest BCUT2D eigenvalue weighted by Gasteiger charge is -2.23. The van der Waals surface area contributed by atoms with Crippen molar-refractivity contribution in [3.05, 3.63) is 0 Å². The zero-order valence-electron chi connectivity index (χ0n) is 9.84. The average Bonchev–Trinajstić information content (AvgIpc) is 2.33. The van der Waals surface area contributed by atoms with Gasteiger partial charge in [-0.2, -0.15) is 0 Å². The standard InChI is InChI=1S/C13H26O/c1-3-7-11(2)10-12-8-5-4-6-9-13(12)14/h11-14H,3-10H2,1-2H3. The number of aliphatic hydroxyl groups excluding tert-OH is 1. The van der Waals surface area contributed by atoms with Gasteiger partial charge in [-0.3, -0.25) is 0 Å². The average molecular weight is 198 g/mol. The minimum atomic E-state index is -0.00296. The highest BCUT2D eigenvalue weighted by Gasteiger charge is 2.22. The van der Waals surface area contributed by atoms with E-state index in [1.807, 2.05) is 0 Å². The van der Waals surface area contributed by atoms with Crippen LogP contribution in [-0.2, 0) is 0 Å². The Morgan fingerprint density at radius 2 is 1.93 bits per heavy atom. The van der Waals surface area contributed by atoms with Crippen molar-refractivity contribution in [3.8, 4) is 0 Å². The van der Waals surface area contributed by atoms with E-state index < -0.39 is 0 Å². The van der Waals surface area contributed by atoms with Gasteiger partial charge in [0.2, 0.25) is 0 Å². The first-order valence-corrected chi connectivity index (χ1v) is 6.42. The van der Waals surface area contributed by atoms with E-state index >= 15 is 0 Å². The normalized spacial score (nSPS) is 31.1. The Bertz CT molecular complexity index is 144. The highest BCUT2D eigenvalue weighted by molar-refractivity contribution is 4.74. The topological polar surface area (TPSA) is 20.2 Å². The van der Waals surface area contributed by atoms with Crippen LogP contribution in [0.3, 0.4) is 0 Å². The molecule has 84 valence electrons. The van der Waals surface area contributed by atoms with Gasteiger partial charge in [0.05, 0.1) is 6.10 Å². The third-order valence-electron chi connectivity index (χ3n) is 3.61. The second-order valence-corrected chi connectivity index (χ2v) is 5.09. The maximum absolute atomic E-state index is 9.97. The molecule has 1 fully saturated rings. The fraction of sp³-hybridized carbons (Fsp3) is 1.00. The van der Waals surface area contributed by atoms with E-state index in [1.165, 1.54) is 44.9 Å². The van der Waals surface area contributed by atoms with Crippen molar-refractivity contribution in [1.82, 2.24) is 0 Å². The molecule has 0 amide bonds. The highest BCUT2D eigenvalue weighted by Crippen LogP contribution is 2.29. The summed E-state index contributed by atoms with van der Waals surface area (Å²) < 4.78 is 0. The van der Waals surface area contributed by atoms with Crippen LogP contribution >= 0.6 is 0 Å². The second kappa shape index (κ2) is 6.44. The molecule has 0 spiro atoms. The van der Waals surface area contributed by atoms with Crippen molar-refractivity contribution in [2.75, 3.05) is 0 Å². The summed E-state index contributed by atoms with van der Waals surface area (Å²) in [6.45, 7) is 4.58. The Morgan fingerprint density at radius 3 is 2.64 bits per heavy atom. The van der Waals surface area contributed by atoms with Crippen LogP contribution < -0.4 is 0 Å². The van der Waals surface area contributed by atoms with Gasteiger partial charge >= 0.3 is 0 Å². The van der Waals surface area contributed by atoms with Crippen LogP contribution in [0, 0.1) is 11.8 Å². The first kappa shape index (κ1) is 12.0. The molecular formula is C13H26O. The van der Waals surface area contributed by atoms with Crippen LogP contribution in [-0.4, -0.2) is 11.2 Å². The van der Waals surface area contributed by atoms with E-state index in [4.69, 9.17) is 0 Å². The monoisotopic (exact) mass is 198 g/mol. The van der Waals surface area contributed by atoms with Crippen LogP contribution in [0.15, 0.2) is 0 Å². The molecule has 3 atom stereocenters. The van der Waals surface area contributed by atoms with Crippen LogP contribution in [0.1, 0.15) is 65.2 Å². The number of hydrogen-bond acceptors (Lipinski definition) is 1. The van der Waals surface area contributed by atoms with Crippen molar-refractivity contribution in [1.29, 1.82) is 0 Å². The molecule has 0 aromatic heterocycles. The predicted octanol–water partition coefficient (Wildman–Crippen LogP) is 3.75. The molecule has 0 aromatic carbocycles. The van der Waals surface area contributed by atoms with Crippen LogP contribution in [0.25, 0.3) is 0 Å². The maximum atomic E-state index is 9.97. The van der Waals surface area contributed by atoms with E-state index in [2.05, 4.69) is 13.8 Å². The third kappa shape index (κ3) is 4.00. The lowest BCUT2D eigenvalue weighted by Crippen LogP contribution is -2.21. The Kier molecular flexibility index (Phi) is 5.54. The zero-order valence-corrected chi connectivity index (χ0v) is 9.84. The fourth-order valence-electron chi connectivity index (χ4n) is 2.77. The predicted molar refractivity (Wildman–Crippen MR) is 61.3 cm³/mol. The fourth-order valence-corrected chi connectivity index (χ4v) is 2.77. The minimum Gasteiger partial charge on any atom is -0.393 e. The Labute approximate surface area is 88.9 Å². The summed E-state index contributed by atoms with van der Waals surface area (Å²) in [4.78, 5) is 0. The van der Waals surface area contributed by atoms with E-state index in [0.717, 1.165) is 12.3 Å². The van der Waals surface area contributed by atoms with Crippen LogP contribution in [0.4, 0.5) is 0 Å². The Balaban J connectivity index is 2.32. The van der Waals surface area contributed by atoms with Gasteiger partial charge in [-0.25, -0.2) is 0 Å². The molecule has 0 radical (unpaired) electrons. The van der Waals surface area contributed by atoms with Gasteiger partial charge in [0.1, 0.15) is 0 Å². The van der Waals surface area contributed by atoms with Gasteiger partial charge in [-0.15, -0.1) is 0 Å². The quantitative estimate of drug-likeness (QED) is 0.682. The summed E-state index contributed by atoms with van der Waals surface area (Å²) in [5.74, 6) is 1.40. The number of rotatable bonds is 4. The molecule has 0 bridgehead atoms. The van der Waals surface area contributed by atoms with Crippen molar-refractivity contribution < 1.29 is 5.11 Å². The molecule has 0 saturated heterocycles. The summed E-state index contributed by atoms with van der Waals surface area (Å²) in [6, 6.07) is 0. The SMILES string of the molecule is CCCC(C)CC1CCCCCC1O. The minimum absolute atomic E-state index is 0.00296. The molecule has 1 aliphatic rings. The van der Waals surface area contributed by atoms with E-state index in [0.29, 0.717) is 5.92 Å². The van der Waals surface area contributed by atoms with Gasteiger partial charge in [0.15, 0.2) is 0 Å². The molecule has 1 saturated carbocycles. The number of hydrogen-bond donors (Lipinski definition) is 1. The number of aliphatic hydroxyl groups is 1. The molecule has 3 unspecified atom stereocenters. The summed E-state index contributed by atoms with van der Waals surface area (Å²) in [7, 11) is 0. The molecule has 14 heavy (non-hydrogen) atoms. The lowest BCUT2D eigenvalue weighted by atomic mass is 9.86. The van der Waals surface area contributed by atoms with Gasteiger partial charge in [-0.1, -0.05) is 46.0 Å². The molecule has 1 N–H and O–H groups in total. The zero-order chi connectivity index (χ0) is 10.4. The first-order chi connectivity index (χ1) is 6.74. The molecule has 0 heterocycles. The molecule has 1 rings (SSSR count). The summed E-state index contributed by atoms with van der Waals surface area (Å²) in [6.07, 6.45) is 10.0. The molecule has 0 aliphatic heterocycles. The smallest absolute Gasteiger partial charge is 0.0568 e. The maximum Gasteiger partial charge on any atom is 0.0568 e. The van der Waals surface area contributed by atoms with Crippen molar-refractivity contribution in [3.63, 3.8) is 0 Å². The van der Waals surface area contributed by atoms with E-state index in [-0.39, 0.29) is 6.10 Å². The van der Waals surface area contributed by atoms with Gasteiger partial charge < -0.3 is 5.11 Å². The van der Waals surface area contributed by atoms with Gasteiger partial charge in [0, 0.05) is 0 Å². The third-order valence-corrected chi connectivity index (χ3v) is 3.61. The first-order valence-electron chi connectivity index (χ1n) is 6.42. The Hall–Kier alpha value is -0.0400. The van der Waals surface area contributed by atoms with Crippen molar-refractivity contribution >= 4 is 0 Å². The molecule has 1 aliphatic carbocycles. The summed E-state index contributed by atoms with van der Waals surface area (Å²) >= 11 is 0. The summed E-state index contributed by atoms with van der Waals surface area (Å²) in [5, 5.41) is 9.97. The van der Waals surface area contributed by atoms with Crippen molar-refractivity contribution in [2.24, 2.45) is 11.8 Å². The molecule has 1 nitrogen and oxygen atoms in total. The van der Waals surface area contributed by atoms with Crippen LogP contribution in [0.2, 0.25) is 0 Å². The van der Waals surface area contributed by atoms with Crippen molar-refractivity contribution in [2.45, 2.75) is 71.3 Å². The van der Waals surface area contributed by atoms with E-state index in [1.54, 1.807) is 0 Å². The molecule has 1 heteroatoms. The Morgan fingerprint density at radius 1 is 1.21 bits per heavy atom. The van der Waals surface area contributed by atoms with Gasteiger partial charge in [0.25, 0.3) is 0 Å². The molecular weight excluding hydrogens is 172 g/mol. The highest BCUT2D eigenvalue weighted by atomic mass is 16.3. The summed E-state index contributed by atoms with van der Waals surface area (Å²) in [5.41, 5.74) is 0. The van der Waals surface area contributed by atoms with Gasteiger partial charge in [-0.05, 0) is 31.1 Å². The largest absolute Gasteiger partial charge is 0.393 e. The van der Waals surface area contributed by atoms with Crippen LogP contribution in [0.5, 0.6) is 0 Å².